The van der Waals surface area contributed by atoms with Gasteiger partial charge in [0, 0.05) is 15.8 Å². The monoisotopic (exact) mass is 315 g/mol. The highest BCUT2D eigenvalue weighted by Crippen LogP contribution is 2.23. The van der Waals surface area contributed by atoms with Crippen LogP contribution >= 0.6 is 27.7 Å². The number of thioether (sulfide) groups is 1. The molecule has 0 aliphatic carbocycles. The average Bonchev–Trinajstić information content (AvgIpc) is 2.78. The summed E-state index contributed by atoms with van der Waals surface area (Å²) in [4.78, 5) is 24.5. The molecule has 1 saturated heterocycles. The molecule has 1 aromatic carbocycles. The number of carbonyl (C=O) groups excluding carboxylic acids is 1. The smallest absolute Gasteiger partial charge is 0.327 e. The number of carboxylic acid groups (broad SMARTS) is 1. The Bertz CT molecular complexity index is 449. The number of hydrogen-bond acceptors (Lipinski definition) is 3. The molecule has 2 rings (SSSR count). The van der Waals surface area contributed by atoms with Crippen molar-refractivity contribution in [2.45, 2.75) is 6.04 Å². The fourth-order valence-electron chi connectivity index (χ4n) is 1.61. The molecule has 1 amide bonds. The van der Waals surface area contributed by atoms with Crippen molar-refractivity contribution < 1.29 is 14.7 Å². The molecule has 1 heterocycles. The van der Waals surface area contributed by atoms with Crippen molar-refractivity contribution in [1.82, 2.24) is 4.90 Å². The molecule has 1 atom stereocenters. The summed E-state index contributed by atoms with van der Waals surface area (Å²) in [6, 6.07) is 6.21. The van der Waals surface area contributed by atoms with E-state index < -0.39 is 12.0 Å². The van der Waals surface area contributed by atoms with Gasteiger partial charge in [-0.25, -0.2) is 4.79 Å². The summed E-state index contributed by atoms with van der Waals surface area (Å²) >= 11 is 4.75. The summed E-state index contributed by atoms with van der Waals surface area (Å²) < 4.78 is 0.889. The Morgan fingerprint density at radius 3 is 2.59 bits per heavy atom. The topological polar surface area (TPSA) is 57.6 Å². The molecule has 1 aliphatic rings. The third-order valence-corrected chi connectivity index (χ3v) is 4.06. The predicted molar refractivity (Wildman–Crippen MR) is 69.1 cm³/mol. The molecule has 4 nitrogen and oxygen atoms in total. The van der Waals surface area contributed by atoms with Crippen LogP contribution in [0, 0.1) is 0 Å². The molecule has 90 valence electrons. The highest BCUT2D eigenvalue weighted by molar-refractivity contribution is 9.10. The summed E-state index contributed by atoms with van der Waals surface area (Å²) in [6.07, 6.45) is 0. The van der Waals surface area contributed by atoms with Gasteiger partial charge in [-0.2, -0.15) is 0 Å². The van der Waals surface area contributed by atoms with Gasteiger partial charge in [0.2, 0.25) is 0 Å². The Labute approximate surface area is 111 Å². The van der Waals surface area contributed by atoms with Gasteiger partial charge in [0.05, 0.1) is 5.88 Å². The minimum Gasteiger partial charge on any atom is -0.480 e. The lowest BCUT2D eigenvalue weighted by Gasteiger charge is -2.20. The lowest BCUT2D eigenvalue weighted by atomic mass is 10.2. The first-order valence-electron chi connectivity index (χ1n) is 4.96. The van der Waals surface area contributed by atoms with Gasteiger partial charge in [-0.1, -0.05) is 15.9 Å². The first-order chi connectivity index (χ1) is 8.09. The van der Waals surface area contributed by atoms with E-state index in [1.54, 1.807) is 24.3 Å². The van der Waals surface area contributed by atoms with Crippen molar-refractivity contribution in [3.05, 3.63) is 34.3 Å². The van der Waals surface area contributed by atoms with E-state index in [0.717, 1.165) is 4.47 Å². The van der Waals surface area contributed by atoms with Gasteiger partial charge in [-0.3, -0.25) is 4.79 Å². The number of hydrogen-bond donors (Lipinski definition) is 1. The maximum atomic E-state index is 12.1. The van der Waals surface area contributed by atoms with Crippen molar-refractivity contribution in [3.63, 3.8) is 0 Å². The minimum absolute atomic E-state index is 0.227. The van der Waals surface area contributed by atoms with Crippen molar-refractivity contribution in [1.29, 1.82) is 0 Å². The molecule has 0 spiro atoms. The number of nitrogens with zero attached hydrogens (tertiary/aromatic N) is 1. The van der Waals surface area contributed by atoms with Gasteiger partial charge < -0.3 is 10.0 Å². The third kappa shape index (κ3) is 2.63. The van der Waals surface area contributed by atoms with Gasteiger partial charge in [0.15, 0.2) is 0 Å². The molecule has 1 aromatic rings. The summed E-state index contributed by atoms with van der Waals surface area (Å²) in [5, 5.41) is 9.01. The SMILES string of the molecule is O=C(O)[C@@H]1CSCN1C(=O)c1ccc(Br)cc1. The van der Waals surface area contributed by atoms with Crippen molar-refractivity contribution in [2.75, 3.05) is 11.6 Å². The highest BCUT2D eigenvalue weighted by atomic mass is 79.9. The fourth-order valence-corrected chi connectivity index (χ4v) is 3.02. The zero-order valence-electron chi connectivity index (χ0n) is 8.80. The first-order valence-corrected chi connectivity index (χ1v) is 6.91. The van der Waals surface area contributed by atoms with Gasteiger partial charge in [0.1, 0.15) is 6.04 Å². The molecule has 1 fully saturated rings. The number of rotatable bonds is 2. The van der Waals surface area contributed by atoms with Crippen LogP contribution in [0.5, 0.6) is 0 Å². The Balaban J connectivity index is 2.19. The molecule has 0 saturated carbocycles. The first kappa shape index (κ1) is 12.4. The Hall–Kier alpha value is -1.01. The van der Waals surface area contributed by atoms with Crippen LogP contribution in [0.2, 0.25) is 0 Å². The second kappa shape index (κ2) is 5.10. The third-order valence-electron chi connectivity index (χ3n) is 2.52. The van der Waals surface area contributed by atoms with Crippen LogP contribution in [-0.2, 0) is 4.79 Å². The molecular formula is C11H10BrNO3S. The predicted octanol–water partition coefficient (Wildman–Crippen LogP) is 2.05. The van der Waals surface area contributed by atoms with Gasteiger partial charge in [-0.05, 0) is 24.3 Å². The van der Waals surface area contributed by atoms with E-state index >= 15 is 0 Å². The lowest BCUT2D eigenvalue weighted by Crippen LogP contribution is -2.41. The molecule has 0 aromatic heterocycles. The highest BCUT2D eigenvalue weighted by Gasteiger charge is 2.34. The molecule has 0 unspecified atom stereocenters. The van der Waals surface area contributed by atoms with Crippen LogP contribution in [-0.4, -0.2) is 39.6 Å². The van der Waals surface area contributed by atoms with Crippen LogP contribution in [0.25, 0.3) is 0 Å². The van der Waals surface area contributed by atoms with Gasteiger partial charge >= 0.3 is 5.97 Å². The quantitative estimate of drug-likeness (QED) is 0.907. The Morgan fingerprint density at radius 2 is 2.00 bits per heavy atom. The lowest BCUT2D eigenvalue weighted by molar-refractivity contribution is -0.140. The summed E-state index contributed by atoms with van der Waals surface area (Å²) in [6.45, 7) is 0. The molecule has 0 radical (unpaired) electrons. The molecule has 6 heteroatoms. The minimum atomic E-state index is -0.944. The van der Waals surface area contributed by atoms with E-state index in [1.165, 1.54) is 16.7 Å². The zero-order chi connectivity index (χ0) is 12.4. The number of halogens is 1. The number of carbonyl (C=O) groups is 2. The van der Waals surface area contributed by atoms with E-state index in [2.05, 4.69) is 15.9 Å². The molecule has 1 N–H and O–H groups in total. The van der Waals surface area contributed by atoms with Crippen molar-refractivity contribution in [2.24, 2.45) is 0 Å². The van der Waals surface area contributed by atoms with Crippen molar-refractivity contribution in [3.8, 4) is 0 Å². The number of benzene rings is 1. The maximum Gasteiger partial charge on any atom is 0.327 e. The van der Waals surface area contributed by atoms with Crippen LogP contribution in [0.3, 0.4) is 0 Å². The van der Waals surface area contributed by atoms with E-state index in [4.69, 9.17) is 5.11 Å². The van der Waals surface area contributed by atoms with E-state index in [0.29, 0.717) is 17.2 Å². The summed E-state index contributed by atoms with van der Waals surface area (Å²) in [7, 11) is 0. The van der Waals surface area contributed by atoms with Crippen molar-refractivity contribution >= 4 is 39.6 Å². The standard InChI is InChI=1S/C11H10BrNO3S/c12-8-3-1-7(2-4-8)10(14)13-6-17-5-9(13)11(15)16/h1-4,9H,5-6H2,(H,15,16)/t9-/m0/s1. The molecule has 1 aliphatic heterocycles. The summed E-state index contributed by atoms with van der Waals surface area (Å²) in [5.74, 6) is -0.279. The molecule has 17 heavy (non-hydrogen) atoms. The zero-order valence-corrected chi connectivity index (χ0v) is 11.2. The maximum absolute atomic E-state index is 12.1. The Kier molecular flexibility index (Phi) is 3.73. The fraction of sp³-hybridized carbons (Fsp3) is 0.273. The van der Waals surface area contributed by atoms with Crippen LogP contribution < -0.4 is 0 Å². The van der Waals surface area contributed by atoms with Gasteiger partial charge in [-0.15, -0.1) is 11.8 Å². The van der Waals surface area contributed by atoms with Crippen LogP contribution in [0.4, 0.5) is 0 Å². The number of aliphatic carboxylic acids is 1. The average molecular weight is 316 g/mol. The number of carboxylic acids is 1. The number of amides is 1. The Morgan fingerprint density at radius 1 is 1.35 bits per heavy atom. The van der Waals surface area contributed by atoms with Crippen LogP contribution in [0.15, 0.2) is 28.7 Å². The summed E-state index contributed by atoms with van der Waals surface area (Å²) in [5.41, 5.74) is 0.516. The van der Waals surface area contributed by atoms with Crippen LogP contribution in [0.1, 0.15) is 10.4 Å². The second-order valence-corrected chi connectivity index (χ2v) is 5.55. The molecular weight excluding hydrogens is 306 g/mol. The largest absolute Gasteiger partial charge is 0.480 e. The van der Waals surface area contributed by atoms with E-state index in [-0.39, 0.29) is 5.91 Å². The van der Waals surface area contributed by atoms with E-state index in [9.17, 15) is 9.59 Å². The van der Waals surface area contributed by atoms with Gasteiger partial charge in [0.25, 0.3) is 5.91 Å². The van der Waals surface area contributed by atoms with E-state index in [1.807, 2.05) is 0 Å². The molecule has 0 bridgehead atoms. The second-order valence-electron chi connectivity index (χ2n) is 3.64. The normalized spacial score (nSPS) is 19.4.